The van der Waals surface area contributed by atoms with Crippen LogP contribution in [-0.2, 0) is 14.6 Å². The first kappa shape index (κ1) is 21.5. The van der Waals surface area contributed by atoms with Gasteiger partial charge in [-0.05, 0) is 42.7 Å². The van der Waals surface area contributed by atoms with E-state index in [2.05, 4.69) is 15.6 Å². The molecule has 1 saturated heterocycles. The zero-order valence-electron chi connectivity index (χ0n) is 17.2. The zero-order valence-corrected chi connectivity index (χ0v) is 18.9. The van der Waals surface area contributed by atoms with Crippen molar-refractivity contribution in [1.29, 1.82) is 0 Å². The molecular weight excluding hydrogens is 436 g/mol. The van der Waals surface area contributed by atoms with Crippen molar-refractivity contribution in [1.82, 2.24) is 20.2 Å². The molecule has 0 spiro atoms. The number of sulfone groups is 1. The van der Waals surface area contributed by atoms with E-state index in [1.54, 1.807) is 18.2 Å². The molecule has 2 atom stereocenters. The number of amides is 2. The molecule has 2 unspecified atom stereocenters. The first-order chi connectivity index (χ1) is 14.7. The highest BCUT2D eigenvalue weighted by atomic mass is 32.2. The Kier molecular flexibility index (Phi) is 5.85. The summed E-state index contributed by atoms with van der Waals surface area (Å²) in [6.07, 6.45) is 4.22. The normalized spacial score (nSPS) is 18.9. The lowest BCUT2D eigenvalue weighted by Crippen LogP contribution is -2.52. The molecule has 1 fully saturated rings. The summed E-state index contributed by atoms with van der Waals surface area (Å²) in [5, 5.41) is 6.39. The quantitative estimate of drug-likeness (QED) is 0.586. The highest BCUT2D eigenvalue weighted by Crippen LogP contribution is 2.26. The van der Waals surface area contributed by atoms with Gasteiger partial charge in [0.15, 0.2) is 15.0 Å². The van der Waals surface area contributed by atoms with Crippen LogP contribution in [0.25, 0.3) is 15.3 Å². The molecule has 10 heteroatoms. The first-order valence-corrected chi connectivity index (χ1v) is 12.7. The number of carbonyl (C=O) groups is 2. The highest BCUT2D eigenvalue weighted by molar-refractivity contribution is 7.91. The van der Waals surface area contributed by atoms with Gasteiger partial charge in [-0.25, -0.2) is 13.4 Å². The molecule has 2 aromatic heterocycles. The standard InChI is InChI=1S/C21H24N4O4S2/c1-13(2)18(20(27)22-15-7-10-31(28,29)12-15)24-19(26)14-5-6-16-17(11-14)30-21(23-16)25-8-3-4-9-25/h3-6,8-9,11,13,15,18H,7,10,12H2,1-2H3,(H,22,27)(H,24,26). The van der Waals surface area contributed by atoms with E-state index in [0.29, 0.717) is 12.0 Å². The number of aromatic nitrogens is 2. The third-order valence-electron chi connectivity index (χ3n) is 5.28. The van der Waals surface area contributed by atoms with E-state index in [4.69, 9.17) is 0 Å². The smallest absolute Gasteiger partial charge is 0.251 e. The lowest BCUT2D eigenvalue weighted by atomic mass is 10.0. The number of benzene rings is 1. The summed E-state index contributed by atoms with van der Waals surface area (Å²) < 4.78 is 26.1. The summed E-state index contributed by atoms with van der Waals surface area (Å²) in [5.41, 5.74) is 1.24. The van der Waals surface area contributed by atoms with Crippen LogP contribution in [0.5, 0.6) is 0 Å². The number of rotatable bonds is 6. The van der Waals surface area contributed by atoms with Crippen LogP contribution < -0.4 is 10.6 Å². The number of fused-ring (bicyclic) bond motifs is 1. The molecule has 0 radical (unpaired) electrons. The maximum absolute atomic E-state index is 12.9. The van der Waals surface area contributed by atoms with Gasteiger partial charge in [0.05, 0.1) is 21.7 Å². The third-order valence-corrected chi connectivity index (χ3v) is 8.08. The molecule has 4 rings (SSSR count). The molecule has 31 heavy (non-hydrogen) atoms. The molecule has 1 aliphatic heterocycles. The largest absolute Gasteiger partial charge is 0.351 e. The minimum absolute atomic E-state index is 0.0523. The monoisotopic (exact) mass is 460 g/mol. The average molecular weight is 461 g/mol. The van der Waals surface area contributed by atoms with E-state index >= 15 is 0 Å². The Morgan fingerprint density at radius 3 is 2.61 bits per heavy atom. The number of nitrogens with zero attached hydrogens (tertiary/aromatic N) is 2. The van der Waals surface area contributed by atoms with Crippen molar-refractivity contribution in [3.05, 3.63) is 48.3 Å². The van der Waals surface area contributed by atoms with E-state index in [1.165, 1.54) is 11.3 Å². The average Bonchev–Trinajstić information content (AvgIpc) is 3.44. The van der Waals surface area contributed by atoms with E-state index in [0.717, 1.165) is 15.3 Å². The number of thiazole rings is 1. The summed E-state index contributed by atoms with van der Waals surface area (Å²) in [5.74, 6) is -0.848. The van der Waals surface area contributed by atoms with Crippen molar-refractivity contribution in [2.75, 3.05) is 11.5 Å². The van der Waals surface area contributed by atoms with E-state index in [-0.39, 0.29) is 29.2 Å². The van der Waals surface area contributed by atoms with Gasteiger partial charge in [-0.3, -0.25) is 9.59 Å². The van der Waals surface area contributed by atoms with Gasteiger partial charge in [-0.15, -0.1) is 0 Å². The molecule has 3 aromatic rings. The fourth-order valence-electron chi connectivity index (χ4n) is 3.59. The molecule has 2 amide bonds. The Labute approximate surface area is 184 Å². The van der Waals surface area contributed by atoms with Crippen molar-refractivity contribution >= 4 is 43.2 Å². The molecule has 3 heterocycles. The van der Waals surface area contributed by atoms with E-state index in [1.807, 2.05) is 42.9 Å². The highest BCUT2D eigenvalue weighted by Gasteiger charge is 2.32. The second-order valence-electron chi connectivity index (χ2n) is 8.07. The molecule has 2 N–H and O–H groups in total. The fourth-order valence-corrected chi connectivity index (χ4v) is 6.23. The maximum atomic E-state index is 12.9. The Balaban J connectivity index is 1.48. The van der Waals surface area contributed by atoms with E-state index < -0.39 is 21.9 Å². The van der Waals surface area contributed by atoms with Gasteiger partial charge >= 0.3 is 0 Å². The van der Waals surface area contributed by atoms with Gasteiger partial charge in [0.25, 0.3) is 5.91 Å². The van der Waals surface area contributed by atoms with Crippen LogP contribution in [0, 0.1) is 5.92 Å². The molecule has 0 bridgehead atoms. The Morgan fingerprint density at radius 2 is 1.97 bits per heavy atom. The second-order valence-corrected chi connectivity index (χ2v) is 11.3. The van der Waals surface area contributed by atoms with Crippen molar-refractivity contribution < 1.29 is 18.0 Å². The predicted molar refractivity (Wildman–Crippen MR) is 120 cm³/mol. The fraction of sp³-hybridized carbons (Fsp3) is 0.381. The van der Waals surface area contributed by atoms with Crippen molar-refractivity contribution in [3.8, 4) is 5.13 Å². The number of hydrogen-bond donors (Lipinski definition) is 2. The number of nitrogens with one attached hydrogen (secondary N) is 2. The minimum atomic E-state index is -3.10. The Morgan fingerprint density at radius 1 is 1.23 bits per heavy atom. The predicted octanol–water partition coefficient (Wildman–Crippen LogP) is 2.14. The topological polar surface area (TPSA) is 110 Å². The van der Waals surface area contributed by atoms with Crippen LogP contribution in [0.15, 0.2) is 42.7 Å². The number of hydrogen-bond acceptors (Lipinski definition) is 6. The van der Waals surface area contributed by atoms with Gasteiger partial charge in [-0.2, -0.15) is 0 Å². The molecule has 0 saturated carbocycles. The van der Waals surface area contributed by atoms with Crippen molar-refractivity contribution in [3.63, 3.8) is 0 Å². The lowest BCUT2D eigenvalue weighted by Gasteiger charge is -2.23. The van der Waals surface area contributed by atoms with Gasteiger partial charge in [0.1, 0.15) is 6.04 Å². The van der Waals surface area contributed by atoms with Crippen LogP contribution in [0.2, 0.25) is 0 Å². The molecule has 164 valence electrons. The summed E-state index contributed by atoms with van der Waals surface area (Å²) in [7, 11) is -3.10. The SMILES string of the molecule is CC(C)C(NC(=O)c1ccc2nc(-n3cccc3)sc2c1)C(=O)NC1CCS(=O)(=O)C1. The maximum Gasteiger partial charge on any atom is 0.251 e. The molecule has 1 aliphatic rings. The Bertz CT molecular complexity index is 1220. The van der Waals surface area contributed by atoms with Crippen LogP contribution >= 0.6 is 11.3 Å². The first-order valence-electron chi connectivity index (χ1n) is 10.1. The van der Waals surface area contributed by atoms with Crippen LogP contribution in [0.1, 0.15) is 30.6 Å². The summed E-state index contributed by atoms with van der Waals surface area (Å²) in [6.45, 7) is 3.68. The summed E-state index contributed by atoms with van der Waals surface area (Å²) in [6, 6.07) is 7.93. The van der Waals surface area contributed by atoms with Crippen LogP contribution in [-0.4, -0.2) is 53.4 Å². The Hall–Kier alpha value is -2.72. The molecule has 8 nitrogen and oxygen atoms in total. The van der Waals surface area contributed by atoms with E-state index in [9.17, 15) is 18.0 Å². The van der Waals surface area contributed by atoms with Crippen LogP contribution in [0.4, 0.5) is 0 Å². The molecule has 1 aromatic carbocycles. The minimum Gasteiger partial charge on any atom is -0.351 e. The molecule has 0 aliphatic carbocycles. The van der Waals surface area contributed by atoms with Gasteiger partial charge in [-0.1, -0.05) is 25.2 Å². The van der Waals surface area contributed by atoms with Crippen molar-refractivity contribution in [2.45, 2.75) is 32.4 Å². The number of carbonyl (C=O) groups excluding carboxylic acids is 2. The lowest BCUT2D eigenvalue weighted by molar-refractivity contribution is -0.124. The van der Waals surface area contributed by atoms with Gasteiger partial charge in [0.2, 0.25) is 5.91 Å². The van der Waals surface area contributed by atoms with Crippen molar-refractivity contribution in [2.24, 2.45) is 5.92 Å². The molecular formula is C21H24N4O4S2. The van der Waals surface area contributed by atoms with Gasteiger partial charge in [0, 0.05) is 24.0 Å². The van der Waals surface area contributed by atoms with Crippen LogP contribution in [0.3, 0.4) is 0 Å². The summed E-state index contributed by atoms with van der Waals surface area (Å²) >= 11 is 1.47. The summed E-state index contributed by atoms with van der Waals surface area (Å²) in [4.78, 5) is 30.2. The third kappa shape index (κ3) is 4.80. The van der Waals surface area contributed by atoms with Gasteiger partial charge < -0.3 is 15.2 Å². The zero-order chi connectivity index (χ0) is 22.2. The second kappa shape index (κ2) is 8.43.